The van der Waals surface area contributed by atoms with Gasteiger partial charge in [0.2, 0.25) is 5.91 Å². The van der Waals surface area contributed by atoms with Crippen molar-refractivity contribution in [3.8, 4) is 0 Å². The van der Waals surface area contributed by atoms with Crippen LogP contribution in [0.15, 0.2) is 6.20 Å². The Balaban J connectivity index is 1.76. The van der Waals surface area contributed by atoms with Gasteiger partial charge in [-0.25, -0.2) is 14.3 Å². The van der Waals surface area contributed by atoms with Crippen molar-refractivity contribution in [2.45, 2.75) is 6.54 Å². The van der Waals surface area contributed by atoms with E-state index < -0.39 is 5.97 Å². The van der Waals surface area contributed by atoms with Crippen molar-refractivity contribution >= 4 is 17.9 Å². The molecule has 1 saturated heterocycles. The highest BCUT2D eigenvalue weighted by Gasteiger charge is 2.24. The Morgan fingerprint density at radius 1 is 1.43 bits per heavy atom. The summed E-state index contributed by atoms with van der Waals surface area (Å²) in [6, 6.07) is -0.324. The van der Waals surface area contributed by atoms with Crippen molar-refractivity contribution in [1.29, 1.82) is 0 Å². The number of carboxylic acid groups (broad SMARTS) is 1. The Hall–Kier alpha value is -2.65. The average Bonchev–Trinajstić information content (AvgIpc) is 2.91. The predicted octanol–water partition coefficient (Wildman–Crippen LogP) is -1.54. The van der Waals surface area contributed by atoms with Crippen molar-refractivity contribution < 1.29 is 19.5 Å². The molecule has 0 spiro atoms. The van der Waals surface area contributed by atoms with E-state index in [4.69, 9.17) is 5.11 Å². The molecule has 1 aliphatic rings. The zero-order valence-corrected chi connectivity index (χ0v) is 11.5. The molecule has 2 heterocycles. The highest BCUT2D eigenvalue weighted by atomic mass is 16.4. The molecule has 1 fully saturated rings. The number of likely N-dealkylation sites (N-methyl/N-ethyl adjacent to an activating group) is 1. The molecule has 1 aromatic rings. The van der Waals surface area contributed by atoms with Crippen LogP contribution in [0.1, 0.15) is 10.5 Å². The van der Waals surface area contributed by atoms with Crippen molar-refractivity contribution in [1.82, 2.24) is 30.1 Å². The van der Waals surface area contributed by atoms with E-state index in [1.54, 1.807) is 11.9 Å². The van der Waals surface area contributed by atoms with Crippen molar-refractivity contribution in [3.05, 3.63) is 11.9 Å². The van der Waals surface area contributed by atoms with E-state index in [1.807, 2.05) is 0 Å². The maximum Gasteiger partial charge on any atom is 0.358 e. The number of carbonyl (C=O) groups is 3. The first-order chi connectivity index (χ1) is 9.97. The Morgan fingerprint density at radius 2 is 2.19 bits per heavy atom. The van der Waals surface area contributed by atoms with Gasteiger partial charge in [0.25, 0.3) is 0 Å². The summed E-state index contributed by atoms with van der Waals surface area (Å²) in [5, 5.41) is 18.4. The number of amides is 3. The van der Waals surface area contributed by atoms with Gasteiger partial charge < -0.3 is 20.2 Å². The summed E-state index contributed by atoms with van der Waals surface area (Å²) < 4.78 is 1.33. The molecule has 21 heavy (non-hydrogen) atoms. The third-order valence-electron chi connectivity index (χ3n) is 3.12. The lowest BCUT2D eigenvalue weighted by molar-refractivity contribution is -0.133. The normalized spacial score (nSPS) is 15.2. The molecular formula is C11H16N6O4. The summed E-state index contributed by atoms with van der Waals surface area (Å²) in [6.45, 7) is 1.63. The Morgan fingerprint density at radius 3 is 2.81 bits per heavy atom. The molecule has 0 aliphatic carbocycles. The number of nitrogens with one attached hydrogen (secondary N) is 1. The monoisotopic (exact) mass is 296 g/mol. The van der Waals surface area contributed by atoms with Gasteiger partial charge in [0.1, 0.15) is 6.54 Å². The van der Waals surface area contributed by atoms with Crippen LogP contribution < -0.4 is 5.32 Å². The molecule has 1 aromatic heterocycles. The van der Waals surface area contributed by atoms with Gasteiger partial charge in [0.05, 0.1) is 12.7 Å². The molecule has 0 bridgehead atoms. The van der Waals surface area contributed by atoms with Gasteiger partial charge in [-0.3, -0.25) is 4.79 Å². The molecule has 10 nitrogen and oxygen atoms in total. The number of carbonyl (C=O) groups excluding carboxylic acids is 2. The summed E-state index contributed by atoms with van der Waals surface area (Å²) in [4.78, 5) is 37.0. The minimum absolute atomic E-state index is 0.0643. The van der Waals surface area contributed by atoms with Gasteiger partial charge in [-0.05, 0) is 0 Å². The van der Waals surface area contributed by atoms with Crippen LogP contribution in [0.5, 0.6) is 0 Å². The van der Waals surface area contributed by atoms with E-state index in [1.165, 1.54) is 15.8 Å². The van der Waals surface area contributed by atoms with Crippen LogP contribution >= 0.6 is 0 Å². The average molecular weight is 296 g/mol. The second kappa shape index (κ2) is 6.20. The standard InChI is InChI=1S/C11H16N6O4/c1-15-4-5-16(7-9(15)18)11(21)12-2-3-17-6-8(10(19)20)13-14-17/h6H,2-5,7H2,1H3,(H,12,21)(H,19,20). The van der Waals surface area contributed by atoms with Crippen molar-refractivity contribution in [2.24, 2.45) is 0 Å². The lowest BCUT2D eigenvalue weighted by Gasteiger charge is -2.31. The summed E-state index contributed by atoms with van der Waals surface area (Å²) in [6.07, 6.45) is 1.29. The first-order valence-electron chi connectivity index (χ1n) is 6.37. The molecule has 2 rings (SSSR count). The number of rotatable bonds is 4. The first-order valence-corrected chi connectivity index (χ1v) is 6.37. The molecule has 0 atom stereocenters. The minimum atomic E-state index is -1.15. The van der Waals surface area contributed by atoms with Crippen molar-refractivity contribution in [2.75, 3.05) is 33.2 Å². The summed E-state index contributed by atoms with van der Waals surface area (Å²) in [7, 11) is 1.70. The van der Waals surface area contributed by atoms with Gasteiger partial charge >= 0.3 is 12.0 Å². The Kier molecular flexibility index (Phi) is 4.36. The largest absolute Gasteiger partial charge is 0.476 e. The van der Waals surface area contributed by atoms with Crippen molar-refractivity contribution in [3.63, 3.8) is 0 Å². The molecule has 3 amide bonds. The fraction of sp³-hybridized carbons (Fsp3) is 0.545. The fourth-order valence-corrected chi connectivity index (χ4v) is 1.83. The molecule has 0 saturated carbocycles. The second-order valence-corrected chi connectivity index (χ2v) is 4.64. The number of hydrogen-bond acceptors (Lipinski definition) is 5. The lowest BCUT2D eigenvalue weighted by atomic mass is 10.3. The molecule has 114 valence electrons. The van der Waals surface area contributed by atoms with E-state index in [0.717, 1.165) is 0 Å². The zero-order chi connectivity index (χ0) is 15.4. The van der Waals surface area contributed by atoms with Gasteiger partial charge in [0, 0.05) is 26.7 Å². The number of urea groups is 1. The number of carboxylic acids is 1. The van der Waals surface area contributed by atoms with E-state index in [-0.39, 0.29) is 30.7 Å². The zero-order valence-electron chi connectivity index (χ0n) is 11.5. The number of hydrogen-bond donors (Lipinski definition) is 2. The smallest absolute Gasteiger partial charge is 0.358 e. The van der Waals surface area contributed by atoms with Gasteiger partial charge in [-0.15, -0.1) is 5.10 Å². The topological polar surface area (TPSA) is 121 Å². The summed E-state index contributed by atoms with van der Waals surface area (Å²) in [5.41, 5.74) is -0.147. The number of piperazine rings is 1. The maximum absolute atomic E-state index is 11.9. The SMILES string of the molecule is CN1CCN(C(=O)NCCn2cc(C(=O)O)nn2)CC1=O. The maximum atomic E-state index is 11.9. The third-order valence-corrected chi connectivity index (χ3v) is 3.12. The van der Waals surface area contributed by atoms with Gasteiger partial charge in [-0.2, -0.15) is 0 Å². The van der Waals surface area contributed by atoms with E-state index in [0.29, 0.717) is 19.6 Å². The summed E-state index contributed by atoms with van der Waals surface area (Å²) >= 11 is 0. The van der Waals surface area contributed by atoms with Crippen LogP contribution in [0.4, 0.5) is 4.79 Å². The highest BCUT2D eigenvalue weighted by Crippen LogP contribution is 2.01. The van der Waals surface area contributed by atoms with Gasteiger partial charge in [0.15, 0.2) is 5.69 Å². The Bertz CT molecular complexity index is 557. The number of aromatic nitrogens is 3. The molecule has 0 radical (unpaired) electrons. The van der Waals surface area contributed by atoms with E-state index in [9.17, 15) is 14.4 Å². The highest BCUT2D eigenvalue weighted by molar-refractivity contribution is 5.85. The molecule has 0 aromatic carbocycles. The summed E-state index contributed by atoms with van der Waals surface area (Å²) in [5.74, 6) is -1.25. The van der Waals surface area contributed by atoms with E-state index >= 15 is 0 Å². The predicted molar refractivity (Wildman–Crippen MR) is 69.6 cm³/mol. The Labute approximate surface area is 120 Å². The molecule has 1 aliphatic heterocycles. The van der Waals surface area contributed by atoms with E-state index in [2.05, 4.69) is 15.6 Å². The molecule has 2 N–H and O–H groups in total. The van der Waals surface area contributed by atoms with Crippen LogP contribution in [-0.2, 0) is 11.3 Å². The second-order valence-electron chi connectivity index (χ2n) is 4.64. The van der Waals surface area contributed by atoms with Crippen LogP contribution in [0.25, 0.3) is 0 Å². The fourth-order valence-electron chi connectivity index (χ4n) is 1.83. The molecule has 0 unspecified atom stereocenters. The molecule has 10 heteroatoms. The first kappa shape index (κ1) is 14.8. The van der Waals surface area contributed by atoms with Crippen LogP contribution in [0.2, 0.25) is 0 Å². The minimum Gasteiger partial charge on any atom is -0.476 e. The molecular weight excluding hydrogens is 280 g/mol. The van der Waals surface area contributed by atoms with Crippen LogP contribution in [-0.4, -0.2) is 81.0 Å². The number of aromatic carboxylic acids is 1. The van der Waals surface area contributed by atoms with Crippen LogP contribution in [0, 0.1) is 0 Å². The van der Waals surface area contributed by atoms with Gasteiger partial charge in [-0.1, -0.05) is 5.21 Å². The number of nitrogens with zero attached hydrogens (tertiary/aromatic N) is 5. The quantitative estimate of drug-likeness (QED) is 0.694. The van der Waals surface area contributed by atoms with Crippen LogP contribution in [0.3, 0.4) is 0 Å². The third kappa shape index (κ3) is 3.68. The lowest BCUT2D eigenvalue weighted by Crippen LogP contribution is -2.53.